The van der Waals surface area contributed by atoms with Crippen molar-refractivity contribution in [2.24, 2.45) is 0 Å². The molecule has 1 aromatic carbocycles. The number of unbranched alkanes of at least 4 members (excludes halogenated alkanes) is 1. The lowest BCUT2D eigenvalue weighted by atomic mass is 10.1. The van der Waals surface area contributed by atoms with Crippen LogP contribution in [-0.2, 0) is 16.0 Å². The molecule has 0 radical (unpaired) electrons. The van der Waals surface area contributed by atoms with Gasteiger partial charge in [0, 0.05) is 6.42 Å². The van der Waals surface area contributed by atoms with E-state index in [0.717, 1.165) is 24.2 Å². The van der Waals surface area contributed by atoms with Crippen molar-refractivity contribution >= 4 is 11.8 Å². The minimum atomic E-state index is -1.37. The first-order valence-electron chi connectivity index (χ1n) is 6.11. The third-order valence-corrected chi connectivity index (χ3v) is 2.57. The van der Waals surface area contributed by atoms with Crippen LogP contribution in [0.5, 0.6) is 5.75 Å². The molecule has 0 aliphatic rings. The van der Waals surface area contributed by atoms with E-state index in [4.69, 9.17) is 9.84 Å². The number of Topliss-reactive ketones (excluding diaryl/α,β-unsaturated/α-hetero) is 1. The van der Waals surface area contributed by atoms with Crippen LogP contribution in [0, 0.1) is 0 Å². The van der Waals surface area contributed by atoms with Gasteiger partial charge >= 0.3 is 5.97 Å². The number of ketones is 1. The Bertz CT molecular complexity index is 395. The van der Waals surface area contributed by atoms with E-state index in [-0.39, 0.29) is 6.42 Å². The molecular weight excluding hydrogens is 232 g/mol. The predicted octanol–water partition coefficient (Wildman–Crippen LogP) is 2.45. The molecule has 1 rings (SSSR count). The smallest absolute Gasteiger partial charge is 0.372 e. The Morgan fingerprint density at radius 2 is 1.89 bits per heavy atom. The molecule has 1 N–H and O–H groups in total. The molecule has 0 spiro atoms. The fourth-order valence-corrected chi connectivity index (χ4v) is 1.45. The fraction of sp³-hybridized carbons (Fsp3) is 0.429. The molecule has 18 heavy (non-hydrogen) atoms. The number of carbonyl (C=O) groups is 2. The van der Waals surface area contributed by atoms with Gasteiger partial charge in [-0.3, -0.25) is 4.79 Å². The molecule has 0 fully saturated rings. The van der Waals surface area contributed by atoms with E-state index in [1.165, 1.54) is 0 Å². The summed E-state index contributed by atoms with van der Waals surface area (Å²) in [4.78, 5) is 21.3. The van der Waals surface area contributed by atoms with E-state index >= 15 is 0 Å². The van der Waals surface area contributed by atoms with Crippen LogP contribution >= 0.6 is 0 Å². The lowest BCUT2D eigenvalue weighted by Gasteiger charge is -2.06. The number of carboxylic acid groups (broad SMARTS) is 1. The average Bonchev–Trinajstić information content (AvgIpc) is 2.37. The molecule has 0 unspecified atom stereocenters. The average molecular weight is 250 g/mol. The summed E-state index contributed by atoms with van der Waals surface area (Å²) in [6.45, 7) is 2.80. The summed E-state index contributed by atoms with van der Waals surface area (Å²) in [6, 6.07) is 7.40. The first kappa shape index (κ1) is 14.2. The second-order valence-corrected chi connectivity index (χ2v) is 4.07. The third kappa shape index (κ3) is 4.99. The molecule has 0 heterocycles. The van der Waals surface area contributed by atoms with E-state index in [9.17, 15) is 9.59 Å². The number of benzene rings is 1. The topological polar surface area (TPSA) is 63.6 Å². The summed E-state index contributed by atoms with van der Waals surface area (Å²) in [6.07, 6.45) is 2.59. The second-order valence-electron chi connectivity index (χ2n) is 4.07. The van der Waals surface area contributed by atoms with Crippen LogP contribution in [0.25, 0.3) is 0 Å². The number of hydrogen-bond donors (Lipinski definition) is 1. The van der Waals surface area contributed by atoms with Gasteiger partial charge in [-0.2, -0.15) is 0 Å². The number of hydrogen-bond acceptors (Lipinski definition) is 3. The van der Waals surface area contributed by atoms with Gasteiger partial charge in [-0.15, -0.1) is 0 Å². The zero-order chi connectivity index (χ0) is 13.4. The van der Waals surface area contributed by atoms with Gasteiger partial charge in [0.25, 0.3) is 0 Å². The summed E-state index contributed by atoms with van der Waals surface area (Å²) >= 11 is 0. The maximum atomic E-state index is 10.9. The molecule has 4 nitrogen and oxygen atoms in total. The molecule has 0 amide bonds. The Balaban J connectivity index is 2.40. The van der Waals surface area contributed by atoms with Crippen LogP contribution in [0.2, 0.25) is 0 Å². The molecule has 98 valence electrons. The molecule has 0 aromatic heterocycles. The molecule has 0 bridgehead atoms. The van der Waals surface area contributed by atoms with E-state index in [1.54, 1.807) is 0 Å². The quantitative estimate of drug-likeness (QED) is 0.568. The third-order valence-electron chi connectivity index (χ3n) is 2.57. The van der Waals surface area contributed by atoms with E-state index in [0.29, 0.717) is 13.0 Å². The van der Waals surface area contributed by atoms with Crippen LogP contribution in [0.1, 0.15) is 31.7 Å². The SMILES string of the molecule is CCCCOc1ccc(CCC(=O)C(=O)O)cc1. The highest BCUT2D eigenvalue weighted by Crippen LogP contribution is 2.14. The van der Waals surface area contributed by atoms with Crippen LogP contribution < -0.4 is 4.74 Å². The fourth-order valence-electron chi connectivity index (χ4n) is 1.45. The monoisotopic (exact) mass is 250 g/mol. The van der Waals surface area contributed by atoms with Crippen molar-refractivity contribution in [2.45, 2.75) is 32.6 Å². The van der Waals surface area contributed by atoms with Crippen molar-refractivity contribution in [3.63, 3.8) is 0 Å². The summed E-state index contributed by atoms with van der Waals surface area (Å²) in [5.41, 5.74) is 0.937. The number of carbonyl (C=O) groups excluding carboxylic acids is 1. The number of carboxylic acids is 1. The van der Waals surface area contributed by atoms with Gasteiger partial charge in [0.1, 0.15) is 5.75 Å². The highest BCUT2D eigenvalue weighted by Gasteiger charge is 2.10. The Labute approximate surface area is 107 Å². The van der Waals surface area contributed by atoms with Gasteiger partial charge in [0.2, 0.25) is 5.78 Å². The summed E-state index contributed by atoms with van der Waals surface area (Å²) < 4.78 is 5.50. The van der Waals surface area contributed by atoms with Crippen molar-refractivity contribution in [3.05, 3.63) is 29.8 Å². The number of rotatable bonds is 8. The summed E-state index contributed by atoms with van der Waals surface area (Å²) in [7, 11) is 0. The van der Waals surface area contributed by atoms with E-state index in [2.05, 4.69) is 6.92 Å². The Hall–Kier alpha value is -1.84. The summed E-state index contributed by atoms with van der Waals surface area (Å²) in [5, 5.41) is 8.46. The Kier molecular flexibility index (Phi) is 5.91. The standard InChI is InChI=1S/C14H18O4/c1-2-3-10-18-12-7-4-11(5-8-12)6-9-13(15)14(16)17/h4-5,7-8H,2-3,6,9-10H2,1H3,(H,16,17). The van der Waals surface area contributed by atoms with Crippen molar-refractivity contribution in [2.75, 3.05) is 6.61 Å². The van der Waals surface area contributed by atoms with Gasteiger partial charge in [0.15, 0.2) is 0 Å². The minimum Gasteiger partial charge on any atom is -0.494 e. The van der Waals surface area contributed by atoms with Crippen LogP contribution in [0.3, 0.4) is 0 Å². The van der Waals surface area contributed by atoms with Crippen LogP contribution in [-0.4, -0.2) is 23.5 Å². The normalized spacial score (nSPS) is 10.1. The molecule has 4 heteroatoms. The van der Waals surface area contributed by atoms with Crippen molar-refractivity contribution in [1.82, 2.24) is 0 Å². The van der Waals surface area contributed by atoms with Crippen molar-refractivity contribution in [1.29, 1.82) is 0 Å². The Morgan fingerprint density at radius 3 is 2.44 bits per heavy atom. The van der Waals surface area contributed by atoms with Crippen molar-refractivity contribution < 1.29 is 19.4 Å². The zero-order valence-corrected chi connectivity index (χ0v) is 10.5. The van der Waals surface area contributed by atoms with Gasteiger partial charge in [-0.1, -0.05) is 25.5 Å². The first-order valence-corrected chi connectivity index (χ1v) is 6.11. The molecule has 0 aliphatic heterocycles. The molecule has 0 aliphatic carbocycles. The van der Waals surface area contributed by atoms with Gasteiger partial charge in [-0.25, -0.2) is 4.79 Å². The van der Waals surface area contributed by atoms with Gasteiger partial charge < -0.3 is 9.84 Å². The second kappa shape index (κ2) is 7.48. The highest BCUT2D eigenvalue weighted by molar-refractivity contribution is 6.32. The maximum absolute atomic E-state index is 10.9. The predicted molar refractivity (Wildman–Crippen MR) is 67.8 cm³/mol. The molecule has 0 saturated carbocycles. The lowest BCUT2D eigenvalue weighted by Crippen LogP contribution is -2.12. The minimum absolute atomic E-state index is 0.0331. The first-order chi connectivity index (χ1) is 8.63. The van der Waals surface area contributed by atoms with Crippen LogP contribution in [0.4, 0.5) is 0 Å². The molecular formula is C14H18O4. The number of ether oxygens (including phenoxy) is 1. The van der Waals surface area contributed by atoms with Gasteiger partial charge in [-0.05, 0) is 30.5 Å². The largest absolute Gasteiger partial charge is 0.494 e. The number of aryl methyl sites for hydroxylation is 1. The highest BCUT2D eigenvalue weighted by atomic mass is 16.5. The summed E-state index contributed by atoms with van der Waals surface area (Å²) in [5.74, 6) is -1.32. The van der Waals surface area contributed by atoms with E-state index in [1.807, 2.05) is 24.3 Å². The lowest BCUT2D eigenvalue weighted by molar-refractivity contribution is -0.149. The van der Waals surface area contributed by atoms with Crippen molar-refractivity contribution in [3.8, 4) is 5.75 Å². The molecule has 0 saturated heterocycles. The zero-order valence-electron chi connectivity index (χ0n) is 10.5. The van der Waals surface area contributed by atoms with Crippen LogP contribution in [0.15, 0.2) is 24.3 Å². The van der Waals surface area contributed by atoms with E-state index < -0.39 is 11.8 Å². The molecule has 0 atom stereocenters. The molecule has 1 aromatic rings. The Morgan fingerprint density at radius 1 is 1.22 bits per heavy atom. The van der Waals surface area contributed by atoms with Gasteiger partial charge in [0.05, 0.1) is 6.61 Å². The maximum Gasteiger partial charge on any atom is 0.372 e. The number of aliphatic carboxylic acids is 1.